The van der Waals surface area contributed by atoms with Gasteiger partial charge < -0.3 is 9.84 Å². The van der Waals surface area contributed by atoms with Crippen molar-refractivity contribution in [3.8, 4) is 0 Å². The standard InChI is InChI=1S/C14H22O4S/c15-12(16)9-14(13(17)19,10-5-1-2-6-10)18-11-7-3-4-8-11/h10-11H,1-9H2,(H,15,16)(H,17,19). The maximum Gasteiger partial charge on any atom is 0.306 e. The predicted octanol–water partition coefficient (Wildman–Crippen LogP) is 2.81. The maximum atomic E-state index is 12.1. The molecule has 19 heavy (non-hydrogen) atoms. The van der Waals surface area contributed by atoms with Gasteiger partial charge in [0.05, 0.1) is 12.5 Å². The number of hydrogen-bond acceptors (Lipinski definition) is 3. The molecule has 0 aromatic carbocycles. The molecule has 1 atom stereocenters. The van der Waals surface area contributed by atoms with Crippen LogP contribution in [-0.4, -0.2) is 27.9 Å². The van der Waals surface area contributed by atoms with Gasteiger partial charge in [-0.1, -0.05) is 25.7 Å². The van der Waals surface area contributed by atoms with Crippen molar-refractivity contribution in [2.45, 2.75) is 69.5 Å². The molecular weight excluding hydrogens is 264 g/mol. The molecule has 108 valence electrons. The van der Waals surface area contributed by atoms with E-state index in [1.807, 2.05) is 0 Å². The first-order valence-electron chi connectivity index (χ1n) is 7.17. The van der Waals surface area contributed by atoms with E-state index in [0.717, 1.165) is 51.4 Å². The molecule has 0 radical (unpaired) electrons. The van der Waals surface area contributed by atoms with Crippen LogP contribution in [0.1, 0.15) is 57.8 Å². The summed E-state index contributed by atoms with van der Waals surface area (Å²) in [4.78, 5) is 23.2. The van der Waals surface area contributed by atoms with Gasteiger partial charge in [0, 0.05) is 0 Å². The maximum absolute atomic E-state index is 12.1. The highest BCUT2D eigenvalue weighted by Crippen LogP contribution is 2.42. The molecule has 2 rings (SSSR count). The fourth-order valence-electron chi connectivity index (χ4n) is 3.50. The number of carboxylic acids is 1. The van der Waals surface area contributed by atoms with Crippen LogP contribution in [0.15, 0.2) is 0 Å². The van der Waals surface area contributed by atoms with Crippen LogP contribution in [0, 0.1) is 5.92 Å². The zero-order chi connectivity index (χ0) is 13.9. The first-order valence-corrected chi connectivity index (χ1v) is 7.62. The lowest BCUT2D eigenvalue weighted by Gasteiger charge is -2.37. The van der Waals surface area contributed by atoms with E-state index >= 15 is 0 Å². The smallest absolute Gasteiger partial charge is 0.306 e. The molecule has 2 fully saturated rings. The average Bonchev–Trinajstić information content (AvgIpc) is 2.99. The summed E-state index contributed by atoms with van der Waals surface area (Å²) in [7, 11) is 0. The Balaban J connectivity index is 2.21. The molecule has 0 aromatic heterocycles. The Morgan fingerprint density at radius 1 is 1.11 bits per heavy atom. The van der Waals surface area contributed by atoms with E-state index in [1.165, 1.54) is 0 Å². The van der Waals surface area contributed by atoms with Gasteiger partial charge in [0.15, 0.2) is 0 Å². The zero-order valence-corrected chi connectivity index (χ0v) is 12.0. The summed E-state index contributed by atoms with van der Waals surface area (Å²) in [6.07, 6.45) is 7.64. The van der Waals surface area contributed by atoms with Crippen molar-refractivity contribution < 1.29 is 19.4 Å². The Bertz CT molecular complexity index is 345. The zero-order valence-electron chi connectivity index (χ0n) is 11.1. The molecule has 5 heteroatoms. The number of carboxylic acid groups (broad SMARTS) is 1. The van der Waals surface area contributed by atoms with Crippen molar-refractivity contribution in [3.63, 3.8) is 0 Å². The van der Waals surface area contributed by atoms with Gasteiger partial charge in [-0.05, 0) is 31.6 Å². The van der Waals surface area contributed by atoms with Gasteiger partial charge in [0.1, 0.15) is 5.60 Å². The lowest BCUT2D eigenvalue weighted by molar-refractivity contribution is -0.168. The third-order valence-electron chi connectivity index (χ3n) is 4.47. The highest BCUT2D eigenvalue weighted by Gasteiger charge is 2.49. The van der Waals surface area contributed by atoms with Crippen molar-refractivity contribution in [1.29, 1.82) is 0 Å². The first kappa shape index (κ1) is 14.9. The number of rotatable bonds is 6. The molecule has 1 N–H and O–H groups in total. The average molecular weight is 286 g/mol. The van der Waals surface area contributed by atoms with Crippen LogP contribution in [0.25, 0.3) is 0 Å². The van der Waals surface area contributed by atoms with Crippen LogP contribution in [0.3, 0.4) is 0 Å². The first-order chi connectivity index (χ1) is 9.04. The van der Waals surface area contributed by atoms with E-state index in [1.54, 1.807) is 0 Å². The number of carbonyl (C=O) groups excluding carboxylic acids is 1. The summed E-state index contributed by atoms with van der Waals surface area (Å²) in [5.74, 6) is -0.971. The van der Waals surface area contributed by atoms with E-state index in [-0.39, 0.29) is 18.4 Å². The summed E-state index contributed by atoms with van der Waals surface area (Å²) < 4.78 is 6.05. The molecule has 0 aliphatic heterocycles. The molecule has 0 heterocycles. The Morgan fingerprint density at radius 3 is 2.11 bits per heavy atom. The Labute approximate surface area is 119 Å². The summed E-state index contributed by atoms with van der Waals surface area (Å²) >= 11 is 3.97. The van der Waals surface area contributed by atoms with E-state index in [4.69, 9.17) is 9.84 Å². The normalized spacial score (nSPS) is 24.5. The second-order valence-electron chi connectivity index (χ2n) is 5.77. The Morgan fingerprint density at radius 2 is 1.63 bits per heavy atom. The van der Waals surface area contributed by atoms with Crippen LogP contribution in [0.4, 0.5) is 0 Å². The highest BCUT2D eigenvalue weighted by atomic mass is 32.1. The monoisotopic (exact) mass is 286 g/mol. The molecular formula is C14H22O4S. The van der Waals surface area contributed by atoms with Gasteiger partial charge in [0.25, 0.3) is 0 Å². The molecule has 2 saturated carbocycles. The topological polar surface area (TPSA) is 63.6 Å². The molecule has 0 aromatic rings. The fraction of sp³-hybridized carbons (Fsp3) is 0.857. The summed E-state index contributed by atoms with van der Waals surface area (Å²) in [5, 5.41) is 8.76. The highest BCUT2D eigenvalue weighted by molar-refractivity contribution is 7.96. The third kappa shape index (κ3) is 3.31. The van der Waals surface area contributed by atoms with E-state index in [2.05, 4.69) is 12.6 Å². The number of thiol groups is 1. The lowest BCUT2D eigenvalue weighted by Crippen LogP contribution is -2.49. The second kappa shape index (κ2) is 6.27. The molecule has 4 nitrogen and oxygen atoms in total. The van der Waals surface area contributed by atoms with Crippen LogP contribution >= 0.6 is 12.6 Å². The van der Waals surface area contributed by atoms with Gasteiger partial charge in [0.2, 0.25) is 5.12 Å². The minimum absolute atomic E-state index is 0.00852. The quantitative estimate of drug-likeness (QED) is 0.737. The summed E-state index contributed by atoms with van der Waals surface area (Å²) in [6.45, 7) is 0. The largest absolute Gasteiger partial charge is 0.481 e. The van der Waals surface area contributed by atoms with Gasteiger partial charge >= 0.3 is 5.97 Å². The van der Waals surface area contributed by atoms with Gasteiger partial charge in [-0.2, -0.15) is 0 Å². The van der Waals surface area contributed by atoms with Crippen molar-refractivity contribution in [2.75, 3.05) is 0 Å². The van der Waals surface area contributed by atoms with Crippen molar-refractivity contribution in [2.24, 2.45) is 5.92 Å². The van der Waals surface area contributed by atoms with Crippen molar-refractivity contribution in [1.82, 2.24) is 0 Å². The molecule has 2 aliphatic rings. The molecule has 0 bridgehead atoms. The molecule has 0 amide bonds. The van der Waals surface area contributed by atoms with Gasteiger partial charge in [-0.25, -0.2) is 0 Å². The van der Waals surface area contributed by atoms with Crippen LogP contribution in [0.2, 0.25) is 0 Å². The third-order valence-corrected chi connectivity index (χ3v) is 4.85. The number of carbonyl (C=O) groups is 2. The van der Waals surface area contributed by atoms with Crippen LogP contribution in [-0.2, 0) is 14.3 Å². The minimum Gasteiger partial charge on any atom is -0.481 e. The summed E-state index contributed by atoms with van der Waals surface area (Å²) in [5.41, 5.74) is -1.21. The SMILES string of the molecule is O=C(O)CC(OC1CCCC1)(C(=O)S)C1CCCC1. The number of ether oxygens (including phenoxy) is 1. The predicted molar refractivity (Wildman–Crippen MR) is 74.3 cm³/mol. The fourth-order valence-corrected chi connectivity index (χ4v) is 3.82. The van der Waals surface area contributed by atoms with Crippen LogP contribution < -0.4 is 0 Å². The molecule has 2 aliphatic carbocycles. The van der Waals surface area contributed by atoms with Gasteiger partial charge in [-0.3, -0.25) is 9.59 Å². The van der Waals surface area contributed by atoms with E-state index in [9.17, 15) is 9.59 Å². The Kier molecular flexibility index (Phi) is 4.90. The molecule has 0 spiro atoms. The van der Waals surface area contributed by atoms with Crippen molar-refractivity contribution in [3.05, 3.63) is 0 Å². The Hall–Kier alpha value is -0.550. The summed E-state index contributed by atoms with van der Waals surface area (Å²) in [6, 6.07) is 0. The minimum atomic E-state index is -1.21. The van der Waals surface area contributed by atoms with E-state index < -0.39 is 16.7 Å². The molecule has 1 unspecified atom stereocenters. The number of hydrogen-bond donors (Lipinski definition) is 2. The number of aliphatic carboxylic acids is 1. The lowest BCUT2D eigenvalue weighted by atomic mass is 9.83. The molecule has 0 saturated heterocycles. The van der Waals surface area contributed by atoms with E-state index in [0.29, 0.717) is 0 Å². The van der Waals surface area contributed by atoms with Crippen molar-refractivity contribution >= 4 is 23.7 Å². The van der Waals surface area contributed by atoms with Crippen LogP contribution in [0.5, 0.6) is 0 Å². The second-order valence-corrected chi connectivity index (χ2v) is 6.18. The van der Waals surface area contributed by atoms with Gasteiger partial charge in [-0.15, -0.1) is 12.6 Å².